The summed E-state index contributed by atoms with van der Waals surface area (Å²) in [5.41, 5.74) is 1.24. The zero-order valence-corrected chi connectivity index (χ0v) is 5.53. The van der Waals surface area contributed by atoms with Crippen molar-refractivity contribution in [1.29, 1.82) is 0 Å². The second kappa shape index (κ2) is 3.34. The molecule has 0 fully saturated rings. The molecule has 0 unspecified atom stereocenters. The minimum absolute atomic E-state index is 0.284. The van der Waals surface area contributed by atoms with Crippen molar-refractivity contribution in [3.63, 3.8) is 0 Å². The average Bonchev–Trinajstić information content (AvgIpc) is 2.36. The molecular weight excluding hydrogens is 136 g/mol. The van der Waals surface area contributed by atoms with Crippen molar-refractivity contribution < 1.29 is 8.78 Å². The number of H-pyrrole nitrogens is 1. The number of halogens is 2. The zero-order chi connectivity index (χ0) is 7.40. The lowest BCUT2D eigenvalue weighted by Gasteiger charge is -1.94. The van der Waals surface area contributed by atoms with Gasteiger partial charge < -0.3 is 4.98 Å². The molecule has 0 spiro atoms. The highest BCUT2D eigenvalue weighted by atomic mass is 19.1. The zero-order valence-electron chi connectivity index (χ0n) is 5.53. The van der Waals surface area contributed by atoms with Crippen LogP contribution in [0, 0.1) is 0 Å². The predicted octanol–water partition coefficient (Wildman–Crippen LogP) is 2.00. The van der Waals surface area contributed by atoms with Gasteiger partial charge in [0.1, 0.15) is 6.67 Å². The van der Waals surface area contributed by atoms with Crippen molar-refractivity contribution in [2.75, 3.05) is 6.67 Å². The fourth-order valence-electron chi connectivity index (χ4n) is 0.889. The third kappa shape index (κ3) is 1.35. The smallest absolute Gasteiger partial charge is 0.116 e. The monoisotopic (exact) mass is 145 g/mol. The summed E-state index contributed by atoms with van der Waals surface area (Å²) in [6, 6.07) is 1.63. The first-order valence-corrected chi connectivity index (χ1v) is 3.15. The van der Waals surface area contributed by atoms with Crippen LogP contribution in [0.1, 0.15) is 11.3 Å². The molecule has 0 aliphatic carbocycles. The van der Waals surface area contributed by atoms with E-state index in [9.17, 15) is 8.78 Å². The molecule has 0 saturated heterocycles. The van der Waals surface area contributed by atoms with Gasteiger partial charge in [-0.05, 0) is 6.07 Å². The van der Waals surface area contributed by atoms with E-state index < -0.39 is 13.3 Å². The van der Waals surface area contributed by atoms with Crippen LogP contribution in [0.5, 0.6) is 0 Å². The topological polar surface area (TPSA) is 15.8 Å². The molecule has 0 aliphatic heterocycles. The molecule has 10 heavy (non-hydrogen) atoms. The summed E-state index contributed by atoms with van der Waals surface area (Å²) in [5.74, 6) is 0. The normalized spacial score (nSPS) is 10.2. The van der Waals surface area contributed by atoms with Gasteiger partial charge in [-0.25, -0.2) is 4.39 Å². The van der Waals surface area contributed by atoms with Crippen molar-refractivity contribution in [3.8, 4) is 0 Å². The number of hydrogen-bond donors (Lipinski definition) is 1. The van der Waals surface area contributed by atoms with Gasteiger partial charge in [-0.15, -0.1) is 0 Å². The number of alkyl halides is 2. The molecule has 56 valence electrons. The lowest BCUT2D eigenvalue weighted by molar-refractivity contribution is 0.469. The Hall–Kier alpha value is -0.860. The van der Waals surface area contributed by atoms with E-state index in [-0.39, 0.29) is 6.42 Å². The minimum atomic E-state index is -0.515. The van der Waals surface area contributed by atoms with E-state index in [2.05, 4.69) is 4.98 Å². The molecule has 0 radical (unpaired) electrons. The first-order chi connectivity index (χ1) is 4.88. The third-order valence-corrected chi connectivity index (χ3v) is 1.42. The number of aryl methyl sites for hydroxylation is 1. The Balaban J connectivity index is 2.70. The molecule has 1 aromatic rings. The Bertz CT molecular complexity index is 195. The molecular formula is C7H9F2N. The van der Waals surface area contributed by atoms with Crippen LogP contribution in [-0.2, 0) is 13.1 Å². The van der Waals surface area contributed by atoms with Crippen LogP contribution < -0.4 is 0 Å². The Morgan fingerprint density at radius 2 is 2.20 bits per heavy atom. The standard InChI is InChI=1S/C7H9F2N/c8-3-1-7-6(5-9)2-4-10-7/h2,4,10H,1,3,5H2. The van der Waals surface area contributed by atoms with Crippen molar-refractivity contribution in [1.82, 2.24) is 4.98 Å². The molecule has 1 nitrogen and oxygen atoms in total. The second-order valence-corrected chi connectivity index (χ2v) is 2.05. The molecule has 0 amide bonds. The van der Waals surface area contributed by atoms with Crippen molar-refractivity contribution in [2.24, 2.45) is 0 Å². The van der Waals surface area contributed by atoms with Crippen molar-refractivity contribution in [3.05, 3.63) is 23.5 Å². The van der Waals surface area contributed by atoms with Crippen LogP contribution in [0.2, 0.25) is 0 Å². The fourth-order valence-corrected chi connectivity index (χ4v) is 0.889. The molecule has 1 N–H and O–H groups in total. The van der Waals surface area contributed by atoms with Gasteiger partial charge in [-0.3, -0.25) is 4.39 Å². The molecule has 0 bridgehead atoms. The summed E-state index contributed by atoms with van der Waals surface area (Å²) in [5, 5.41) is 0. The Morgan fingerprint density at radius 1 is 1.40 bits per heavy atom. The highest BCUT2D eigenvalue weighted by molar-refractivity contribution is 5.19. The van der Waals surface area contributed by atoms with Crippen LogP contribution in [-0.4, -0.2) is 11.7 Å². The lowest BCUT2D eigenvalue weighted by Crippen LogP contribution is -1.90. The van der Waals surface area contributed by atoms with Gasteiger partial charge >= 0.3 is 0 Å². The summed E-state index contributed by atoms with van der Waals surface area (Å²) < 4.78 is 23.7. The predicted molar refractivity (Wildman–Crippen MR) is 35.3 cm³/mol. The molecule has 0 aliphatic rings. The summed E-state index contributed by atoms with van der Waals surface area (Å²) in [6.07, 6.45) is 1.91. The maximum atomic E-state index is 12.0. The summed E-state index contributed by atoms with van der Waals surface area (Å²) in [6.45, 7) is -0.952. The largest absolute Gasteiger partial charge is 0.365 e. The van der Waals surface area contributed by atoms with E-state index in [1.807, 2.05) is 0 Å². The van der Waals surface area contributed by atoms with Crippen LogP contribution in [0.25, 0.3) is 0 Å². The van der Waals surface area contributed by atoms with Crippen LogP contribution in [0.4, 0.5) is 8.78 Å². The van der Waals surface area contributed by atoms with Gasteiger partial charge in [-0.2, -0.15) is 0 Å². The van der Waals surface area contributed by atoms with E-state index in [1.165, 1.54) is 0 Å². The first kappa shape index (κ1) is 7.25. The number of aromatic nitrogens is 1. The lowest BCUT2D eigenvalue weighted by atomic mass is 10.2. The van der Waals surface area contributed by atoms with E-state index in [0.29, 0.717) is 11.3 Å². The van der Waals surface area contributed by atoms with Gasteiger partial charge in [0.2, 0.25) is 0 Å². The number of hydrogen-bond acceptors (Lipinski definition) is 0. The van der Waals surface area contributed by atoms with Gasteiger partial charge in [0.25, 0.3) is 0 Å². The maximum absolute atomic E-state index is 12.0. The van der Waals surface area contributed by atoms with Crippen molar-refractivity contribution >= 4 is 0 Å². The van der Waals surface area contributed by atoms with Gasteiger partial charge in [-0.1, -0.05) is 0 Å². The van der Waals surface area contributed by atoms with Crippen LogP contribution >= 0.6 is 0 Å². The molecule has 0 aromatic carbocycles. The first-order valence-electron chi connectivity index (χ1n) is 3.15. The second-order valence-electron chi connectivity index (χ2n) is 2.05. The molecule has 1 heterocycles. The molecule has 0 atom stereocenters. The Morgan fingerprint density at radius 3 is 2.80 bits per heavy atom. The quantitative estimate of drug-likeness (QED) is 0.669. The van der Waals surface area contributed by atoms with Crippen molar-refractivity contribution in [2.45, 2.75) is 13.1 Å². The van der Waals surface area contributed by atoms with E-state index in [1.54, 1.807) is 12.3 Å². The molecule has 3 heteroatoms. The SMILES string of the molecule is FCCc1[nH]ccc1CF. The Kier molecular flexibility index (Phi) is 2.42. The number of nitrogens with one attached hydrogen (secondary N) is 1. The van der Waals surface area contributed by atoms with Gasteiger partial charge in [0.15, 0.2) is 0 Å². The summed E-state index contributed by atoms with van der Waals surface area (Å²) in [7, 11) is 0. The highest BCUT2D eigenvalue weighted by Crippen LogP contribution is 2.08. The molecule has 0 saturated carbocycles. The Labute approximate surface area is 58.1 Å². The van der Waals surface area contributed by atoms with Crippen LogP contribution in [0.3, 0.4) is 0 Å². The maximum Gasteiger partial charge on any atom is 0.116 e. The molecule has 1 aromatic heterocycles. The van der Waals surface area contributed by atoms with Gasteiger partial charge in [0.05, 0.1) is 6.67 Å². The van der Waals surface area contributed by atoms with Gasteiger partial charge in [0, 0.05) is 23.9 Å². The highest BCUT2D eigenvalue weighted by Gasteiger charge is 2.01. The minimum Gasteiger partial charge on any atom is -0.365 e. The number of aromatic amines is 1. The number of rotatable bonds is 3. The fraction of sp³-hybridized carbons (Fsp3) is 0.429. The molecule has 1 rings (SSSR count). The van der Waals surface area contributed by atoms with E-state index >= 15 is 0 Å². The third-order valence-electron chi connectivity index (χ3n) is 1.42. The van der Waals surface area contributed by atoms with Crippen LogP contribution in [0.15, 0.2) is 12.3 Å². The summed E-state index contributed by atoms with van der Waals surface area (Å²) in [4.78, 5) is 2.78. The van der Waals surface area contributed by atoms with E-state index in [4.69, 9.17) is 0 Å². The summed E-state index contributed by atoms with van der Waals surface area (Å²) >= 11 is 0. The van der Waals surface area contributed by atoms with E-state index in [0.717, 1.165) is 0 Å². The average molecular weight is 145 g/mol.